The van der Waals surface area contributed by atoms with Gasteiger partial charge in [0.15, 0.2) is 0 Å². The molecule has 0 amide bonds. The summed E-state index contributed by atoms with van der Waals surface area (Å²) >= 11 is 0. The highest BCUT2D eigenvalue weighted by atomic mass is 15.2. The molecule has 20 heavy (non-hydrogen) atoms. The molecule has 2 nitrogen and oxygen atoms in total. The van der Waals surface area contributed by atoms with Gasteiger partial charge in [-0.3, -0.25) is 11.3 Å². The number of aryl methyl sites for hydroxylation is 2. The van der Waals surface area contributed by atoms with Crippen LogP contribution in [0.15, 0.2) is 48.5 Å². The Morgan fingerprint density at radius 2 is 1.60 bits per heavy atom. The summed E-state index contributed by atoms with van der Waals surface area (Å²) in [6.07, 6.45) is 0. The largest absolute Gasteiger partial charge is 0.271 e. The Bertz CT molecular complexity index is 573. The Balaban J connectivity index is 2.43. The van der Waals surface area contributed by atoms with Gasteiger partial charge in [-0.25, -0.2) is 0 Å². The summed E-state index contributed by atoms with van der Waals surface area (Å²) in [6, 6.07) is 17.1. The van der Waals surface area contributed by atoms with Gasteiger partial charge in [0.05, 0.1) is 6.04 Å². The van der Waals surface area contributed by atoms with Gasteiger partial charge in [0.25, 0.3) is 0 Å². The van der Waals surface area contributed by atoms with E-state index in [4.69, 9.17) is 5.84 Å². The summed E-state index contributed by atoms with van der Waals surface area (Å²) in [7, 11) is 0. The first-order valence-corrected chi connectivity index (χ1v) is 7.05. The molecule has 0 aliphatic heterocycles. The van der Waals surface area contributed by atoms with E-state index >= 15 is 0 Å². The van der Waals surface area contributed by atoms with Crippen molar-refractivity contribution in [2.24, 2.45) is 5.84 Å². The van der Waals surface area contributed by atoms with Crippen LogP contribution in [0.1, 0.15) is 42.1 Å². The first-order valence-electron chi connectivity index (χ1n) is 7.05. The molecule has 2 rings (SSSR count). The first kappa shape index (κ1) is 14.8. The maximum Gasteiger partial charge on any atom is 0.0551 e. The van der Waals surface area contributed by atoms with E-state index < -0.39 is 0 Å². The summed E-state index contributed by atoms with van der Waals surface area (Å²) in [5, 5.41) is 0. The molecular weight excluding hydrogens is 244 g/mol. The number of nitrogens with two attached hydrogens (primary N) is 1. The third-order valence-corrected chi connectivity index (χ3v) is 4.27. The van der Waals surface area contributed by atoms with Crippen LogP contribution in [-0.2, 0) is 5.41 Å². The molecule has 0 radical (unpaired) electrons. The van der Waals surface area contributed by atoms with E-state index in [2.05, 4.69) is 75.6 Å². The van der Waals surface area contributed by atoms with Crippen LogP contribution in [-0.4, -0.2) is 0 Å². The Morgan fingerprint density at radius 3 is 2.15 bits per heavy atom. The molecule has 0 saturated heterocycles. The highest BCUT2D eigenvalue weighted by molar-refractivity contribution is 5.36. The lowest BCUT2D eigenvalue weighted by Gasteiger charge is -2.35. The van der Waals surface area contributed by atoms with Gasteiger partial charge in [-0.05, 0) is 36.1 Å². The standard InChI is InChI=1S/C18H24N2/c1-13-10-11-15(12-14(13)2)17(20-19)18(3,4)16-8-6-5-7-9-16/h5-12,17,20H,19H2,1-4H3. The lowest BCUT2D eigenvalue weighted by atomic mass is 9.75. The second-order valence-electron chi connectivity index (χ2n) is 6.03. The normalized spacial score (nSPS) is 13.2. The predicted octanol–water partition coefficient (Wildman–Crippen LogP) is 3.79. The van der Waals surface area contributed by atoms with Crippen molar-refractivity contribution in [1.29, 1.82) is 0 Å². The van der Waals surface area contributed by atoms with Crippen molar-refractivity contribution in [1.82, 2.24) is 5.43 Å². The number of hydrogen-bond donors (Lipinski definition) is 2. The summed E-state index contributed by atoms with van der Waals surface area (Å²) in [5.41, 5.74) is 8.03. The summed E-state index contributed by atoms with van der Waals surface area (Å²) in [4.78, 5) is 0. The lowest BCUT2D eigenvalue weighted by Crippen LogP contribution is -2.41. The van der Waals surface area contributed by atoms with E-state index in [9.17, 15) is 0 Å². The van der Waals surface area contributed by atoms with Crippen molar-refractivity contribution in [3.05, 3.63) is 70.8 Å². The van der Waals surface area contributed by atoms with Crippen molar-refractivity contribution >= 4 is 0 Å². The summed E-state index contributed by atoms with van der Waals surface area (Å²) in [5.74, 6) is 5.87. The highest BCUT2D eigenvalue weighted by Gasteiger charge is 2.31. The molecule has 0 heterocycles. The molecule has 2 heteroatoms. The Morgan fingerprint density at radius 1 is 0.950 bits per heavy atom. The molecule has 0 bridgehead atoms. The minimum atomic E-state index is -0.0856. The van der Waals surface area contributed by atoms with Crippen LogP contribution in [0.25, 0.3) is 0 Å². The maximum atomic E-state index is 5.87. The van der Waals surface area contributed by atoms with E-state index in [1.807, 2.05) is 6.07 Å². The number of hydrogen-bond acceptors (Lipinski definition) is 2. The number of benzene rings is 2. The maximum absolute atomic E-state index is 5.87. The molecule has 0 spiro atoms. The number of nitrogens with one attached hydrogen (secondary N) is 1. The Kier molecular flexibility index (Phi) is 4.26. The van der Waals surface area contributed by atoms with Gasteiger partial charge in [0.1, 0.15) is 0 Å². The van der Waals surface area contributed by atoms with Crippen molar-refractivity contribution in [3.8, 4) is 0 Å². The van der Waals surface area contributed by atoms with Gasteiger partial charge >= 0.3 is 0 Å². The predicted molar refractivity (Wildman–Crippen MR) is 85.4 cm³/mol. The summed E-state index contributed by atoms with van der Waals surface area (Å²) < 4.78 is 0. The summed E-state index contributed by atoms with van der Waals surface area (Å²) in [6.45, 7) is 8.72. The molecule has 1 unspecified atom stereocenters. The fourth-order valence-electron chi connectivity index (χ4n) is 2.70. The van der Waals surface area contributed by atoms with Gasteiger partial charge in [-0.15, -0.1) is 0 Å². The van der Waals surface area contributed by atoms with Crippen LogP contribution in [0.3, 0.4) is 0 Å². The van der Waals surface area contributed by atoms with Crippen molar-refractivity contribution in [2.45, 2.75) is 39.2 Å². The minimum absolute atomic E-state index is 0.0733. The second kappa shape index (κ2) is 5.78. The molecule has 0 aliphatic carbocycles. The SMILES string of the molecule is Cc1ccc(C(NN)C(C)(C)c2ccccc2)cc1C. The van der Waals surface area contributed by atoms with Crippen LogP contribution in [0.2, 0.25) is 0 Å². The van der Waals surface area contributed by atoms with Crippen molar-refractivity contribution < 1.29 is 0 Å². The molecule has 106 valence electrons. The van der Waals surface area contributed by atoms with Crippen molar-refractivity contribution in [2.75, 3.05) is 0 Å². The van der Waals surface area contributed by atoms with E-state index in [0.29, 0.717) is 0 Å². The molecule has 0 aliphatic rings. The van der Waals surface area contributed by atoms with E-state index in [1.165, 1.54) is 22.3 Å². The fraction of sp³-hybridized carbons (Fsp3) is 0.333. The van der Waals surface area contributed by atoms with Gasteiger partial charge in [0, 0.05) is 5.41 Å². The van der Waals surface area contributed by atoms with Crippen LogP contribution in [0.4, 0.5) is 0 Å². The molecule has 0 aromatic heterocycles. The Labute approximate surface area is 122 Å². The van der Waals surface area contributed by atoms with Crippen molar-refractivity contribution in [3.63, 3.8) is 0 Å². The monoisotopic (exact) mass is 268 g/mol. The van der Waals surface area contributed by atoms with Gasteiger partial charge in [-0.1, -0.05) is 62.4 Å². The van der Waals surface area contributed by atoms with Gasteiger partial charge in [0.2, 0.25) is 0 Å². The van der Waals surface area contributed by atoms with Gasteiger partial charge in [-0.2, -0.15) is 0 Å². The average Bonchev–Trinajstić information content (AvgIpc) is 2.44. The topological polar surface area (TPSA) is 38.0 Å². The molecular formula is C18H24N2. The minimum Gasteiger partial charge on any atom is -0.271 e. The van der Waals surface area contributed by atoms with Crippen LogP contribution in [0.5, 0.6) is 0 Å². The van der Waals surface area contributed by atoms with E-state index in [1.54, 1.807) is 0 Å². The average molecular weight is 268 g/mol. The first-order chi connectivity index (χ1) is 9.46. The third-order valence-electron chi connectivity index (χ3n) is 4.27. The molecule has 3 N–H and O–H groups in total. The third kappa shape index (κ3) is 2.77. The van der Waals surface area contributed by atoms with E-state index in [-0.39, 0.29) is 11.5 Å². The van der Waals surface area contributed by atoms with Gasteiger partial charge < -0.3 is 0 Å². The zero-order chi connectivity index (χ0) is 14.8. The quantitative estimate of drug-likeness (QED) is 0.654. The zero-order valence-electron chi connectivity index (χ0n) is 12.8. The molecule has 2 aromatic carbocycles. The van der Waals surface area contributed by atoms with E-state index in [0.717, 1.165) is 0 Å². The second-order valence-corrected chi connectivity index (χ2v) is 6.03. The van der Waals surface area contributed by atoms with Crippen LogP contribution in [0, 0.1) is 13.8 Å². The highest BCUT2D eigenvalue weighted by Crippen LogP contribution is 2.36. The van der Waals surface area contributed by atoms with Crippen LogP contribution >= 0.6 is 0 Å². The zero-order valence-corrected chi connectivity index (χ0v) is 12.8. The Hall–Kier alpha value is -1.64. The molecule has 2 aromatic rings. The number of rotatable bonds is 4. The molecule has 0 fully saturated rings. The number of hydrazine groups is 1. The fourth-order valence-corrected chi connectivity index (χ4v) is 2.70. The molecule has 0 saturated carbocycles. The van der Waals surface area contributed by atoms with Crippen LogP contribution < -0.4 is 11.3 Å². The smallest absolute Gasteiger partial charge is 0.0551 e. The lowest BCUT2D eigenvalue weighted by molar-refractivity contribution is 0.352. The molecule has 1 atom stereocenters.